The number of pyridine rings is 1. The number of rotatable bonds is 2. The fraction of sp³-hybridized carbons (Fsp3) is 0.111. The summed E-state index contributed by atoms with van der Waals surface area (Å²) in [5.41, 5.74) is 7.23. The van der Waals surface area contributed by atoms with E-state index in [1.165, 1.54) is 11.8 Å². The van der Waals surface area contributed by atoms with Gasteiger partial charge in [0.1, 0.15) is 5.03 Å². The van der Waals surface area contributed by atoms with Crippen LogP contribution in [0.5, 0.6) is 0 Å². The Labute approximate surface area is 86.0 Å². The molecule has 3 N–H and O–H groups in total. The molecule has 0 aliphatic rings. The predicted molar refractivity (Wildman–Crippen MR) is 56.1 cm³/mol. The minimum Gasteiger partial charge on any atom is -0.397 e. The number of aromatic amines is 1. The zero-order chi connectivity index (χ0) is 9.97. The number of imidazole rings is 1. The summed E-state index contributed by atoms with van der Waals surface area (Å²) < 4.78 is 0. The van der Waals surface area contributed by atoms with E-state index < -0.39 is 0 Å². The lowest BCUT2D eigenvalue weighted by atomic mass is 10.3. The Morgan fingerprint density at radius 2 is 2.29 bits per heavy atom. The first-order valence-corrected chi connectivity index (χ1v) is 4.98. The lowest BCUT2D eigenvalue weighted by Gasteiger charge is -2.01. The van der Waals surface area contributed by atoms with E-state index >= 15 is 0 Å². The maximum atomic E-state index is 5.67. The highest BCUT2D eigenvalue weighted by atomic mass is 32.2. The Balaban J connectivity index is 2.22. The number of nitrogens with zero attached hydrogens (tertiary/aromatic N) is 2. The van der Waals surface area contributed by atoms with E-state index in [4.69, 9.17) is 5.73 Å². The summed E-state index contributed by atoms with van der Waals surface area (Å²) in [6.45, 7) is 1.89. The van der Waals surface area contributed by atoms with E-state index in [0.717, 1.165) is 15.9 Å². The second-order valence-electron chi connectivity index (χ2n) is 2.82. The van der Waals surface area contributed by atoms with Crippen molar-refractivity contribution in [3.63, 3.8) is 0 Å². The molecule has 0 atom stereocenters. The van der Waals surface area contributed by atoms with Crippen LogP contribution >= 0.6 is 11.8 Å². The average molecular weight is 206 g/mol. The van der Waals surface area contributed by atoms with Crippen molar-refractivity contribution in [3.8, 4) is 0 Å². The molecule has 2 rings (SSSR count). The SMILES string of the molecule is Cc1nc(Sc2ncc[nH]2)ccc1N. The van der Waals surface area contributed by atoms with Crippen LogP contribution < -0.4 is 5.73 Å². The van der Waals surface area contributed by atoms with Crippen molar-refractivity contribution < 1.29 is 0 Å². The predicted octanol–water partition coefficient (Wildman–Crippen LogP) is 1.85. The standard InChI is InChI=1S/C9H10N4S/c1-6-7(10)2-3-8(13-6)14-9-11-4-5-12-9/h2-5H,10H2,1H3,(H,11,12). The first-order valence-electron chi connectivity index (χ1n) is 4.16. The second-order valence-corrected chi connectivity index (χ2v) is 3.83. The minimum atomic E-state index is 0.716. The van der Waals surface area contributed by atoms with Crippen molar-refractivity contribution in [2.75, 3.05) is 5.73 Å². The summed E-state index contributed by atoms with van der Waals surface area (Å²) in [4.78, 5) is 11.4. The van der Waals surface area contributed by atoms with Gasteiger partial charge in [0.05, 0.1) is 11.4 Å². The van der Waals surface area contributed by atoms with Gasteiger partial charge < -0.3 is 10.7 Å². The Hall–Kier alpha value is -1.49. The molecule has 72 valence electrons. The lowest BCUT2D eigenvalue weighted by molar-refractivity contribution is 1.02. The summed E-state index contributed by atoms with van der Waals surface area (Å²) in [7, 11) is 0. The zero-order valence-electron chi connectivity index (χ0n) is 7.69. The Bertz CT molecular complexity index is 424. The van der Waals surface area contributed by atoms with Crippen molar-refractivity contribution in [1.82, 2.24) is 15.0 Å². The van der Waals surface area contributed by atoms with Crippen LogP contribution in [0.15, 0.2) is 34.7 Å². The normalized spacial score (nSPS) is 10.4. The topological polar surface area (TPSA) is 67.6 Å². The highest BCUT2D eigenvalue weighted by molar-refractivity contribution is 7.99. The van der Waals surface area contributed by atoms with E-state index in [1.54, 1.807) is 12.4 Å². The van der Waals surface area contributed by atoms with Crippen molar-refractivity contribution in [2.45, 2.75) is 17.1 Å². The molecule has 0 amide bonds. The Morgan fingerprint density at radius 3 is 2.93 bits per heavy atom. The van der Waals surface area contributed by atoms with E-state index in [-0.39, 0.29) is 0 Å². The third kappa shape index (κ3) is 1.88. The number of nitrogens with one attached hydrogen (secondary N) is 1. The minimum absolute atomic E-state index is 0.716. The number of hydrogen-bond acceptors (Lipinski definition) is 4. The van der Waals surface area contributed by atoms with Gasteiger partial charge in [-0.25, -0.2) is 9.97 Å². The third-order valence-electron chi connectivity index (χ3n) is 1.78. The molecule has 2 heterocycles. The van der Waals surface area contributed by atoms with E-state index in [0.29, 0.717) is 5.69 Å². The average Bonchev–Trinajstić information content (AvgIpc) is 2.64. The van der Waals surface area contributed by atoms with Gasteiger partial charge in [-0.3, -0.25) is 0 Å². The molecule has 0 bridgehead atoms. The lowest BCUT2D eigenvalue weighted by Crippen LogP contribution is -1.93. The first-order chi connectivity index (χ1) is 6.75. The fourth-order valence-corrected chi connectivity index (χ4v) is 1.77. The summed E-state index contributed by atoms with van der Waals surface area (Å²) in [6, 6.07) is 3.74. The monoisotopic (exact) mass is 206 g/mol. The van der Waals surface area contributed by atoms with Crippen molar-refractivity contribution in [1.29, 1.82) is 0 Å². The smallest absolute Gasteiger partial charge is 0.171 e. The molecule has 0 unspecified atom stereocenters. The van der Waals surface area contributed by atoms with Gasteiger partial charge in [0.25, 0.3) is 0 Å². The highest BCUT2D eigenvalue weighted by Crippen LogP contribution is 2.23. The number of aryl methyl sites for hydroxylation is 1. The van der Waals surface area contributed by atoms with Gasteiger partial charge in [-0.15, -0.1) is 0 Å². The number of H-pyrrole nitrogens is 1. The number of nitrogens with two attached hydrogens (primary N) is 1. The molecule has 2 aromatic heterocycles. The van der Waals surface area contributed by atoms with Crippen LogP contribution in [0.1, 0.15) is 5.69 Å². The van der Waals surface area contributed by atoms with Crippen LogP contribution in [0, 0.1) is 6.92 Å². The molecule has 0 aromatic carbocycles. The van der Waals surface area contributed by atoms with E-state index in [2.05, 4.69) is 15.0 Å². The van der Waals surface area contributed by atoms with Gasteiger partial charge in [-0.1, -0.05) is 0 Å². The summed E-state index contributed by atoms with van der Waals surface area (Å²) in [5.74, 6) is 0. The van der Waals surface area contributed by atoms with Crippen LogP contribution in [-0.4, -0.2) is 15.0 Å². The van der Waals surface area contributed by atoms with Crippen LogP contribution in [0.25, 0.3) is 0 Å². The number of aromatic nitrogens is 3. The quantitative estimate of drug-likeness (QED) is 0.786. The highest BCUT2D eigenvalue weighted by Gasteiger charge is 2.02. The Morgan fingerprint density at radius 1 is 1.43 bits per heavy atom. The van der Waals surface area contributed by atoms with Crippen LogP contribution in [0.4, 0.5) is 5.69 Å². The molecule has 0 radical (unpaired) electrons. The maximum Gasteiger partial charge on any atom is 0.171 e. The van der Waals surface area contributed by atoms with Gasteiger partial charge in [-0.2, -0.15) is 0 Å². The van der Waals surface area contributed by atoms with Crippen molar-refractivity contribution >= 4 is 17.4 Å². The van der Waals surface area contributed by atoms with Crippen molar-refractivity contribution in [3.05, 3.63) is 30.2 Å². The van der Waals surface area contributed by atoms with E-state index in [1.807, 2.05) is 19.1 Å². The molecular formula is C9H10N4S. The zero-order valence-corrected chi connectivity index (χ0v) is 8.51. The van der Waals surface area contributed by atoms with Gasteiger partial charge in [0, 0.05) is 12.4 Å². The van der Waals surface area contributed by atoms with Crippen LogP contribution in [0.3, 0.4) is 0 Å². The molecule has 4 nitrogen and oxygen atoms in total. The largest absolute Gasteiger partial charge is 0.397 e. The third-order valence-corrected chi connectivity index (χ3v) is 2.63. The number of nitrogen functional groups attached to an aromatic ring is 1. The first kappa shape index (κ1) is 9.08. The van der Waals surface area contributed by atoms with Gasteiger partial charge in [0.2, 0.25) is 0 Å². The molecule has 0 saturated carbocycles. The molecule has 0 aliphatic carbocycles. The number of anilines is 1. The van der Waals surface area contributed by atoms with Gasteiger partial charge in [0.15, 0.2) is 5.16 Å². The summed E-state index contributed by atoms with van der Waals surface area (Å²) in [6.07, 6.45) is 3.50. The van der Waals surface area contributed by atoms with Crippen molar-refractivity contribution in [2.24, 2.45) is 0 Å². The second kappa shape index (κ2) is 3.71. The van der Waals surface area contributed by atoms with Crippen LogP contribution in [-0.2, 0) is 0 Å². The Kier molecular flexibility index (Phi) is 2.41. The molecule has 2 aromatic rings. The molecular weight excluding hydrogens is 196 g/mol. The summed E-state index contributed by atoms with van der Waals surface area (Å²) >= 11 is 1.48. The molecule has 5 heteroatoms. The maximum absolute atomic E-state index is 5.67. The fourth-order valence-electron chi connectivity index (χ4n) is 1.01. The number of hydrogen-bond donors (Lipinski definition) is 2. The molecule has 0 saturated heterocycles. The molecule has 0 spiro atoms. The molecule has 0 aliphatic heterocycles. The molecule has 0 fully saturated rings. The van der Waals surface area contributed by atoms with Gasteiger partial charge in [-0.05, 0) is 30.8 Å². The summed E-state index contributed by atoms with van der Waals surface area (Å²) in [5, 5.41) is 1.73. The van der Waals surface area contributed by atoms with Crippen LogP contribution in [0.2, 0.25) is 0 Å². The molecule has 14 heavy (non-hydrogen) atoms. The van der Waals surface area contributed by atoms with Gasteiger partial charge >= 0.3 is 0 Å². The van der Waals surface area contributed by atoms with E-state index in [9.17, 15) is 0 Å².